The van der Waals surface area contributed by atoms with Crippen molar-refractivity contribution in [2.45, 2.75) is 13.8 Å². The van der Waals surface area contributed by atoms with Crippen molar-refractivity contribution >= 4 is 34.1 Å². The van der Waals surface area contributed by atoms with E-state index in [-0.39, 0.29) is 5.69 Å². The zero-order chi connectivity index (χ0) is 18.0. The Hall–Kier alpha value is -3.55. The van der Waals surface area contributed by atoms with Crippen molar-refractivity contribution in [3.8, 4) is 0 Å². The molecule has 0 fully saturated rings. The molecular weight excluding hydrogens is 322 g/mol. The fraction of sp³-hybridized carbons (Fsp3) is 0.118. The van der Waals surface area contributed by atoms with Crippen molar-refractivity contribution < 1.29 is 9.72 Å². The molecule has 0 saturated carbocycles. The summed E-state index contributed by atoms with van der Waals surface area (Å²) in [6, 6.07) is 10.4. The van der Waals surface area contributed by atoms with Gasteiger partial charge in [0.25, 0.3) is 5.69 Å². The van der Waals surface area contributed by atoms with Crippen molar-refractivity contribution in [3.63, 3.8) is 0 Å². The quantitative estimate of drug-likeness (QED) is 0.558. The second kappa shape index (κ2) is 6.52. The van der Waals surface area contributed by atoms with Gasteiger partial charge < -0.3 is 10.6 Å². The maximum Gasteiger partial charge on any atom is 0.323 e. The molecular formula is C17H15N5O3. The zero-order valence-electron chi connectivity index (χ0n) is 13.6. The van der Waals surface area contributed by atoms with E-state index in [0.29, 0.717) is 16.9 Å². The molecule has 126 valence electrons. The highest BCUT2D eigenvalue weighted by Crippen LogP contribution is 2.19. The molecule has 2 N–H and O–H groups in total. The van der Waals surface area contributed by atoms with Gasteiger partial charge in [-0.2, -0.15) is 0 Å². The maximum atomic E-state index is 12.1. The third kappa shape index (κ3) is 3.69. The summed E-state index contributed by atoms with van der Waals surface area (Å²) < 4.78 is 0. The maximum absolute atomic E-state index is 12.1. The third-order valence-corrected chi connectivity index (χ3v) is 3.65. The number of amides is 2. The lowest BCUT2D eigenvalue weighted by Gasteiger charge is -2.09. The van der Waals surface area contributed by atoms with Gasteiger partial charge in [0.15, 0.2) is 0 Å². The Morgan fingerprint density at radius 3 is 2.28 bits per heavy atom. The number of carbonyl (C=O) groups excluding carboxylic acids is 1. The molecule has 0 aliphatic rings. The Labute approximate surface area is 143 Å². The van der Waals surface area contributed by atoms with E-state index in [9.17, 15) is 14.9 Å². The van der Waals surface area contributed by atoms with Gasteiger partial charge in [-0.3, -0.25) is 10.1 Å². The smallest absolute Gasteiger partial charge is 0.308 e. The van der Waals surface area contributed by atoms with E-state index in [1.54, 1.807) is 24.3 Å². The number of carbonyl (C=O) groups is 1. The summed E-state index contributed by atoms with van der Waals surface area (Å²) in [6.07, 6.45) is 0. The minimum atomic E-state index is -0.518. The Morgan fingerprint density at radius 2 is 1.60 bits per heavy atom. The summed E-state index contributed by atoms with van der Waals surface area (Å²) in [5.74, 6) is 0. The van der Waals surface area contributed by atoms with Gasteiger partial charge in [0.1, 0.15) is 0 Å². The fourth-order valence-electron chi connectivity index (χ4n) is 2.30. The molecule has 0 atom stereocenters. The summed E-state index contributed by atoms with van der Waals surface area (Å²) in [4.78, 5) is 31.2. The minimum absolute atomic E-state index is 0.0929. The van der Waals surface area contributed by atoms with E-state index in [4.69, 9.17) is 0 Å². The van der Waals surface area contributed by atoms with E-state index in [1.165, 1.54) is 18.2 Å². The predicted octanol–water partition coefficient (Wildman–Crippen LogP) is 3.80. The third-order valence-electron chi connectivity index (χ3n) is 3.65. The van der Waals surface area contributed by atoms with Crippen molar-refractivity contribution in [2.24, 2.45) is 0 Å². The molecule has 2 aromatic carbocycles. The van der Waals surface area contributed by atoms with Gasteiger partial charge in [0.05, 0.1) is 27.3 Å². The Balaban J connectivity index is 1.76. The molecule has 3 aromatic rings. The van der Waals surface area contributed by atoms with E-state index < -0.39 is 11.0 Å². The van der Waals surface area contributed by atoms with Gasteiger partial charge in [0.2, 0.25) is 0 Å². The number of nitrogens with one attached hydrogen (secondary N) is 2. The molecule has 0 radical (unpaired) electrons. The molecule has 0 saturated heterocycles. The molecule has 0 aliphatic carbocycles. The topological polar surface area (TPSA) is 110 Å². The number of non-ortho nitro benzene ring substituents is 1. The van der Waals surface area contributed by atoms with Crippen molar-refractivity contribution in [2.75, 3.05) is 10.6 Å². The zero-order valence-corrected chi connectivity index (χ0v) is 13.6. The Bertz CT molecular complexity index is 987. The fourth-order valence-corrected chi connectivity index (χ4v) is 2.30. The predicted molar refractivity (Wildman–Crippen MR) is 94.7 cm³/mol. The van der Waals surface area contributed by atoms with Crippen LogP contribution in [0.2, 0.25) is 0 Å². The number of benzene rings is 2. The van der Waals surface area contributed by atoms with Crippen LogP contribution in [0.3, 0.4) is 0 Å². The van der Waals surface area contributed by atoms with E-state index in [1.807, 2.05) is 13.8 Å². The van der Waals surface area contributed by atoms with E-state index >= 15 is 0 Å². The number of urea groups is 1. The van der Waals surface area contributed by atoms with Crippen LogP contribution in [-0.4, -0.2) is 20.9 Å². The molecule has 0 unspecified atom stereocenters. The number of aryl methyl sites for hydroxylation is 2. The number of nitro groups is 1. The van der Waals surface area contributed by atoms with Crippen molar-refractivity contribution in [1.29, 1.82) is 0 Å². The van der Waals surface area contributed by atoms with Gasteiger partial charge in [0, 0.05) is 23.5 Å². The standard InChI is InChI=1S/C17H15N5O3/c1-10-11(2)19-16-9-13(6-7-15(16)18-10)21-17(23)20-12-4-3-5-14(8-12)22(24)25/h3-9H,1-2H3,(H2,20,21,23). The number of hydrogen-bond acceptors (Lipinski definition) is 5. The van der Waals surface area contributed by atoms with Crippen LogP contribution in [0, 0.1) is 24.0 Å². The largest absolute Gasteiger partial charge is 0.323 e. The number of aromatic nitrogens is 2. The molecule has 2 amide bonds. The molecule has 3 rings (SSSR count). The first-order valence-corrected chi connectivity index (χ1v) is 7.50. The molecule has 8 heteroatoms. The molecule has 25 heavy (non-hydrogen) atoms. The van der Waals surface area contributed by atoms with Gasteiger partial charge in [-0.15, -0.1) is 0 Å². The first-order chi connectivity index (χ1) is 11.9. The number of nitrogens with zero attached hydrogens (tertiary/aromatic N) is 3. The number of nitro benzene ring substituents is 1. The first kappa shape index (κ1) is 16.3. The van der Waals surface area contributed by atoms with Crippen LogP contribution in [0.1, 0.15) is 11.4 Å². The van der Waals surface area contributed by atoms with Crippen LogP contribution in [0.5, 0.6) is 0 Å². The SMILES string of the molecule is Cc1nc2ccc(NC(=O)Nc3cccc([N+](=O)[O-])c3)cc2nc1C. The van der Waals surface area contributed by atoms with Gasteiger partial charge in [-0.1, -0.05) is 6.07 Å². The van der Waals surface area contributed by atoms with Crippen molar-refractivity contribution in [3.05, 3.63) is 64.0 Å². The molecule has 0 spiro atoms. The monoisotopic (exact) mass is 337 g/mol. The number of anilines is 2. The van der Waals surface area contributed by atoms with Crippen LogP contribution in [-0.2, 0) is 0 Å². The van der Waals surface area contributed by atoms with Crippen LogP contribution in [0.4, 0.5) is 21.9 Å². The number of hydrogen-bond donors (Lipinski definition) is 2. The number of rotatable bonds is 3. The molecule has 1 heterocycles. The summed E-state index contributed by atoms with van der Waals surface area (Å²) in [7, 11) is 0. The lowest BCUT2D eigenvalue weighted by Crippen LogP contribution is -2.19. The van der Waals surface area contributed by atoms with Gasteiger partial charge in [-0.25, -0.2) is 14.8 Å². The summed E-state index contributed by atoms with van der Waals surface area (Å²) in [5, 5.41) is 16.0. The van der Waals surface area contributed by atoms with Gasteiger partial charge >= 0.3 is 6.03 Å². The summed E-state index contributed by atoms with van der Waals surface area (Å²) >= 11 is 0. The van der Waals surface area contributed by atoms with Crippen LogP contribution in [0.15, 0.2) is 42.5 Å². The molecule has 8 nitrogen and oxygen atoms in total. The number of fused-ring (bicyclic) bond motifs is 1. The van der Waals surface area contributed by atoms with Crippen LogP contribution in [0.25, 0.3) is 11.0 Å². The second-order valence-corrected chi connectivity index (χ2v) is 5.48. The Kier molecular flexibility index (Phi) is 4.25. The normalized spacial score (nSPS) is 10.5. The van der Waals surface area contributed by atoms with E-state index in [0.717, 1.165) is 16.9 Å². The highest BCUT2D eigenvalue weighted by atomic mass is 16.6. The Morgan fingerprint density at radius 1 is 0.960 bits per heavy atom. The first-order valence-electron chi connectivity index (χ1n) is 7.50. The van der Waals surface area contributed by atoms with Crippen LogP contribution >= 0.6 is 0 Å². The molecule has 1 aromatic heterocycles. The van der Waals surface area contributed by atoms with E-state index in [2.05, 4.69) is 20.6 Å². The lowest BCUT2D eigenvalue weighted by atomic mass is 10.2. The summed E-state index contributed by atoms with van der Waals surface area (Å²) in [5.41, 5.74) is 3.89. The average molecular weight is 337 g/mol. The second-order valence-electron chi connectivity index (χ2n) is 5.48. The van der Waals surface area contributed by atoms with Crippen molar-refractivity contribution in [1.82, 2.24) is 9.97 Å². The van der Waals surface area contributed by atoms with Gasteiger partial charge in [-0.05, 0) is 38.1 Å². The highest BCUT2D eigenvalue weighted by Gasteiger charge is 2.09. The highest BCUT2D eigenvalue weighted by molar-refractivity contribution is 6.00. The molecule has 0 bridgehead atoms. The van der Waals surface area contributed by atoms with Crippen LogP contribution < -0.4 is 10.6 Å². The average Bonchev–Trinajstić information content (AvgIpc) is 2.56. The lowest BCUT2D eigenvalue weighted by molar-refractivity contribution is -0.384. The molecule has 0 aliphatic heterocycles. The summed E-state index contributed by atoms with van der Waals surface area (Å²) in [6.45, 7) is 3.76. The minimum Gasteiger partial charge on any atom is -0.308 e.